The number of carbonyl (C=O) groups is 1. The summed E-state index contributed by atoms with van der Waals surface area (Å²) in [4.78, 5) is 13.2. The third-order valence-corrected chi connectivity index (χ3v) is 2.55. The van der Waals surface area contributed by atoms with E-state index in [1.807, 2.05) is 6.07 Å². The Morgan fingerprint density at radius 3 is 2.86 bits per heavy atom. The van der Waals surface area contributed by atoms with Gasteiger partial charge in [-0.15, -0.1) is 0 Å². The lowest BCUT2D eigenvalue weighted by molar-refractivity contribution is 0.0777. The van der Waals surface area contributed by atoms with Gasteiger partial charge in [-0.1, -0.05) is 6.07 Å². The molecular weight excluding hydrogens is 180 g/mol. The van der Waals surface area contributed by atoms with E-state index in [0.717, 1.165) is 5.56 Å². The molecule has 0 aromatic heterocycles. The standard InChI is InChI=1S/C10H12N2O2/c1-12-9(11)8-6(10(12)13)4-3-5-7(8)14-2/h3-5,9H,11H2,1-2H3. The van der Waals surface area contributed by atoms with Crippen LogP contribution in [0.4, 0.5) is 0 Å². The first kappa shape index (κ1) is 9.02. The Balaban J connectivity index is 2.63. The van der Waals surface area contributed by atoms with Crippen molar-refractivity contribution in [2.75, 3.05) is 14.2 Å². The van der Waals surface area contributed by atoms with E-state index >= 15 is 0 Å². The second-order valence-corrected chi connectivity index (χ2v) is 3.28. The van der Waals surface area contributed by atoms with Gasteiger partial charge in [-0.25, -0.2) is 0 Å². The van der Waals surface area contributed by atoms with Gasteiger partial charge < -0.3 is 15.4 Å². The summed E-state index contributed by atoms with van der Waals surface area (Å²) in [5.74, 6) is 0.624. The maximum atomic E-state index is 11.7. The van der Waals surface area contributed by atoms with Crippen molar-refractivity contribution >= 4 is 5.91 Å². The highest BCUT2D eigenvalue weighted by atomic mass is 16.5. The second-order valence-electron chi connectivity index (χ2n) is 3.28. The summed E-state index contributed by atoms with van der Waals surface area (Å²) in [7, 11) is 3.26. The minimum atomic E-state index is -0.395. The number of nitrogens with zero attached hydrogens (tertiary/aromatic N) is 1. The monoisotopic (exact) mass is 192 g/mol. The van der Waals surface area contributed by atoms with Crippen molar-refractivity contribution in [2.45, 2.75) is 6.17 Å². The molecule has 2 rings (SSSR count). The van der Waals surface area contributed by atoms with Crippen molar-refractivity contribution in [1.82, 2.24) is 4.90 Å². The molecular formula is C10H12N2O2. The summed E-state index contributed by atoms with van der Waals surface area (Å²) in [5, 5.41) is 0. The first-order valence-electron chi connectivity index (χ1n) is 4.36. The molecule has 0 saturated heterocycles. The lowest BCUT2D eigenvalue weighted by atomic mass is 10.1. The Hall–Kier alpha value is -1.55. The van der Waals surface area contributed by atoms with E-state index < -0.39 is 6.17 Å². The molecule has 1 heterocycles. The molecule has 0 fully saturated rings. The van der Waals surface area contributed by atoms with E-state index in [2.05, 4.69) is 0 Å². The van der Waals surface area contributed by atoms with Crippen LogP contribution < -0.4 is 10.5 Å². The topological polar surface area (TPSA) is 55.6 Å². The Bertz CT molecular complexity index is 390. The Labute approximate surface area is 82.3 Å². The normalized spacial score (nSPS) is 19.8. The molecule has 1 amide bonds. The van der Waals surface area contributed by atoms with Gasteiger partial charge >= 0.3 is 0 Å². The van der Waals surface area contributed by atoms with Gasteiger partial charge in [-0.3, -0.25) is 4.79 Å². The minimum Gasteiger partial charge on any atom is -0.496 e. The zero-order valence-corrected chi connectivity index (χ0v) is 8.15. The fourth-order valence-electron chi connectivity index (χ4n) is 1.72. The Morgan fingerprint density at radius 1 is 1.50 bits per heavy atom. The van der Waals surface area contributed by atoms with Crippen LogP contribution in [0.2, 0.25) is 0 Å². The largest absolute Gasteiger partial charge is 0.496 e. The third kappa shape index (κ3) is 1.01. The molecule has 74 valence electrons. The van der Waals surface area contributed by atoms with Crippen molar-refractivity contribution in [3.8, 4) is 5.75 Å². The number of carbonyl (C=O) groups excluding carboxylic acids is 1. The predicted octanol–water partition coefficient (Wildman–Crippen LogP) is 0.738. The van der Waals surface area contributed by atoms with E-state index in [4.69, 9.17) is 10.5 Å². The zero-order valence-electron chi connectivity index (χ0n) is 8.15. The van der Waals surface area contributed by atoms with Gasteiger partial charge in [0.1, 0.15) is 11.9 Å². The molecule has 1 aromatic rings. The summed E-state index contributed by atoms with van der Waals surface area (Å²) < 4.78 is 5.17. The van der Waals surface area contributed by atoms with Crippen LogP contribution in [0, 0.1) is 0 Å². The molecule has 0 spiro atoms. The van der Waals surface area contributed by atoms with Gasteiger partial charge in [0.25, 0.3) is 5.91 Å². The van der Waals surface area contributed by atoms with Gasteiger partial charge in [0.2, 0.25) is 0 Å². The summed E-state index contributed by atoms with van der Waals surface area (Å²) >= 11 is 0. The van der Waals surface area contributed by atoms with Gasteiger partial charge in [0.15, 0.2) is 0 Å². The fourth-order valence-corrected chi connectivity index (χ4v) is 1.72. The van der Waals surface area contributed by atoms with E-state index in [0.29, 0.717) is 11.3 Å². The molecule has 0 radical (unpaired) electrons. The van der Waals surface area contributed by atoms with E-state index in [1.165, 1.54) is 4.90 Å². The number of benzene rings is 1. The third-order valence-electron chi connectivity index (χ3n) is 2.55. The number of hydrogen-bond acceptors (Lipinski definition) is 3. The van der Waals surface area contributed by atoms with Crippen molar-refractivity contribution in [3.63, 3.8) is 0 Å². The molecule has 1 atom stereocenters. The van der Waals surface area contributed by atoms with Gasteiger partial charge in [-0.2, -0.15) is 0 Å². The van der Waals surface area contributed by atoms with Gasteiger partial charge in [-0.05, 0) is 12.1 Å². The van der Waals surface area contributed by atoms with Crippen LogP contribution in [0.5, 0.6) is 5.75 Å². The summed E-state index contributed by atoms with van der Waals surface area (Å²) in [6.45, 7) is 0. The first-order chi connectivity index (χ1) is 6.66. The highest BCUT2D eigenvalue weighted by Crippen LogP contribution is 2.35. The van der Waals surface area contributed by atoms with E-state index in [-0.39, 0.29) is 5.91 Å². The number of rotatable bonds is 1. The number of fused-ring (bicyclic) bond motifs is 1. The van der Waals surface area contributed by atoms with Crippen LogP contribution in [0.25, 0.3) is 0 Å². The van der Waals surface area contributed by atoms with Gasteiger partial charge in [0, 0.05) is 18.2 Å². The van der Waals surface area contributed by atoms with Crippen molar-refractivity contribution in [1.29, 1.82) is 0 Å². The molecule has 1 aliphatic rings. The van der Waals surface area contributed by atoms with Crippen molar-refractivity contribution in [2.24, 2.45) is 5.73 Å². The first-order valence-corrected chi connectivity index (χ1v) is 4.36. The molecule has 2 N–H and O–H groups in total. The quantitative estimate of drug-likeness (QED) is 0.714. The lowest BCUT2D eigenvalue weighted by Gasteiger charge is -2.16. The average Bonchev–Trinajstić information content (AvgIpc) is 2.44. The minimum absolute atomic E-state index is 0.0496. The molecule has 0 aliphatic carbocycles. The predicted molar refractivity (Wildman–Crippen MR) is 52.0 cm³/mol. The lowest BCUT2D eigenvalue weighted by Crippen LogP contribution is -2.28. The second kappa shape index (κ2) is 2.99. The molecule has 0 bridgehead atoms. The SMILES string of the molecule is COc1cccc2c1C(N)N(C)C2=O. The number of hydrogen-bond donors (Lipinski definition) is 1. The molecule has 1 aromatic carbocycles. The molecule has 14 heavy (non-hydrogen) atoms. The smallest absolute Gasteiger partial charge is 0.255 e. The van der Waals surface area contributed by atoms with Crippen LogP contribution >= 0.6 is 0 Å². The summed E-state index contributed by atoms with van der Waals surface area (Å²) in [6, 6.07) is 5.37. The maximum absolute atomic E-state index is 11.7. The van der Waals surface area contributed by atoms with Gasteiger partial charge in [0.05, 0.1) is 7.11 Å². The molecule has 4 heteroatoms. The molecule has 1 aliphatic heterocycles. The summed E-state index contributed by atoms with van der Waals surface area (Å²) in [6.07, 6.45) is -0.395. The molecule has 1 unspecified atom stereocenters. The highest BCUT2D eigenvalue weighted by Gasteiger charge is 2.33. The maximum Gasteiger partial charge on any atom is 0.255 e. The number of methoxy groups -OCH3 is 1. The van der Waals surface area contributed by atoms with Crippen LogP contribution in [0.3, 0.4) is 0 Å². The number of amides is 1. The number of ether oxygens (including phenoxy) is 1. The van der Waals surface area contributed by atoms with Crippen molar-refractivity contribution < 1.29 is 9.53 Å². The fraction of sp³-hybridized carbons (Fsp3) is 0.300. The average molecular weight is 192 g/mol. The Morgan fingerprint density at radius 2 is 2.21 bits per heavy atom. The van der Waals surface area contributed by atoms with Crippen LogP contribution in [0.1, 0.15) is 22.1 Å². The van der Waals surface area contributed by atoms with Crippen LogP contribution in [-0.2, 0) is 0 Å². The zero-order chi connectivity index (χ0) is 10.3. The number of nitrogens with two attached hydrogens (primary N) is 1. The van der Waals surface area contributed by atoms with Crippen molar-refractivity contribution in [3.05, 3.63) is 29.3 Å². The summed E-state index contributed by atoms with van der Waals surface area (Å²) in [5.41, 5.74) is 7.30. The Kier molecular flexibility index (Phi) is 1.93. The molecule has 4 nitrogen and oxygen atoms in total. The highest BCUT2D eigenvalue weighted by molar-refractivity contribution is 5.99. The van der Waals surface area contributed by atoms with E-state index in [1.54, 1.807) is 26.3 Å². The van der Waals surface area contributed by atoms with Crippen LogP contribution in [0.15, 0.2) is 18.2 Å². The van der Waals surface area contributed by atoms with Crippen LogP contribution in [-0.4, -0.2) is 25.0 Å². The van der Waals surface area contributed by atoms with E-state index in [9.17, 15) is 4.79 Å². The molecule has 0 saturated carbocycles.